The minimum Gasteiger partial charge on any atom is -0.319 e. The van der Waals surface area contributed by atoms with E-state index in [0.717, 1.165) is 19.4 Å². The van der Waals surface area contributed by atoms with Crippen LogP contribution in [0.4, 0.5) is 0 Å². The smallest absolute Gasteiger partial charge is 0.229 e. The lowest BCUT2D eigenvalue weighted by Crippen LogP contribution is -2.29. The zero-order valence-corrected chi connectivity index (χ0v) is 9.12. The van der Waals surface area contributed by atoms with Crippen molar-refractivity contribution in [1.29, 1.82) is 0 Å². The van der Waals surface area contributed by atoms with Crippen LogP contribution >= 0.6 is 0 Å². The monoisotopic (exact) mass is 193 g/mol. The van der Waals surface area contributed by atoms with Gasteiger partial charge >= 0.3 is 0 Å². The molecule has 0 aromatic rings. The summed E-state index contributed by atoms with van der Waals surface area (Å²) in [5, 5.41) is 0. The number of rotatable bonds is 4. The summed E-state index contributed by atoms with van der Waals surface area (Å²) in [5.74, 6) is 1.29. The highest BCUT2D eigenvalue weighted by molar-refractivity contribution is 5.81. The van der Waals surface area contributed by atoms with Crippen LogP contribution < -0.4 is 0 Å². The van der Waals surface area contributed by atoms with Gasteiger partial charge in [-0.2, -0.15) is 0 Å². The number of amides is 1. The summed E-state index contributed by atoms with van der Waals surface area (Å²) < 4.78 is 0. The highest BCUT2D eigenvalue weighted by Crippen LogP contribution is 2.52. The zero-order valence-electron chi connectivity index (χ0n) is 9.12. The van der Waals surface area contributed by atoms with Gasteiger partial charge in [-0.1, -0.05) is 20.4 Å². The van der Waals surface area contributed by atoms with Gasteiger partial charge in [0.25, 0.3) is 0 Å². The van der Waals surface area contributed by atoms with E-state index >= 15 is 0 Å². The van der Waals surface area contributed by atoms with Gasteiger partial charge in [0.2, 0.25) is 5.91 Å². The van der Waals surface area contributed by atoms with Crippen LogP contribution in [-0.2, 0) is 4.79 Å². The Balaban J connectivity index is 1.87. The fourth-order valence-corrected chi connectivity index (χ4v) is 1.94. The van der Waals surface area contributed by atoms with Crippen molar-refractivity contribution in [2.45, 2.75) is 33.1 Å². The first-order valence-electron chi connectivity index (χ1n) is 5.47. The number of hydrogen-bond donors (Lipinski definition) is 0. The summed E-state index contributed by atoms with van der Waals surface area (Å²) in [6, 6.07) is 0. The van der Waals surface area contributed by atoms with Crippen LogP contribution in [-0.4, -0.2) is 17.4 Å². The molecule has 2 aliphatic rings. The van der Waals surface area contributed by atoms with Crippen LogP contribution in [0.15, 0.2) is 12.8 Å². The molecule has 0 N–H and O–H groups in total. The molecule has 0 heterocycles. The summed E-state index contributed by atoms with van der Waals surface area (Å²) in [7, 11) is 0. The van der Waals surface area contributed by atoms with Gasteiger partial charge < -0.3 is 4.90 Å². The fraction of sp³-hybridized carbons (Fsp3) is 0.750. The Kier molecular flexibility index (Phi) is 2.17. The van der Waals surface area contributed by atoms with Crippen LogP contribution in [0.5, 0.6) is 0 Å². The molecule has 2 aliphatic carbocycles. The van der Waals surface area contributed by atoms with E-state index in [-0.39, 0.29) is 0 Å². The Hall–Kier alpha value is -0.790. The highest BCUT2D eigenvalue weighted by Gasteiger charge is 2.47. The molecule has 2 fully saturated rings. The van der Waals surface area contributed by atoms with Crippen molar-refractivity contribution in [3.63, 3.8) is 0 Å². The number of nitrogens with zero attached hydrogens (tertiary/aromatic N) is 1. The Bertz CT molecular complexity index is 265. The summed E-state index contributed by atoms with van der Waals surface area (Å²) >= 11 is 0. The third-order valence-electron chi connectivity index (χ3n) is 3.56. The molecule has 1 atom stereocenters. The summed E-state index contributed by atoms with van der Waals surface area (Å²) in [6.07, 6.45) is 5.11. The molecule has 14 heavy (non-hydrogen) atoms. The normalized spacial score (nSPS) is 28.3. The summed E-state index contributed by atoms with van der Waals surface area (Å²) in [6.45, 7) is 9.14. The molecule has 2 heteroatoms. The molecule has 2 nitrogen and oxygen atoms in total. The highest BCUT2D eigenvalue weighted by atomic mass is 16.2. The third kappa shape index (κ3) is 1.84. The molecule has 78 valence electrons. The van der Waals surface area contributed by atoms with Crippen LogP contribution in [0, 0.1) is 17.3 Å². The molecule has 1 unspecified atom stereocenters. The molecule has 0 aliphatic heterocycles. The van der Waals surface area contributed by atoms with Crippen molar-refractivity contribution in [1.82, 2.24) is 4.90 Å². The van der Waals surface area contributed by atoms with E-state index in [9.17, 15) is 4.79 Å². The molecule has 0 saturated heterocycles. The minimum absolute atomic E-state index is 0.294. The predicted molar refractivity (Wildman–Crippen MR) is 56.5 cm³/mol. The zero-order chi connectivity index (χ0) is 10.3. The maximum absolute atomic E-state index is 11.8. The lowest BCUT2D eigenvalue weighted by Gasteiger charge is -2.18. The van der Waals surface area contributed by atoms with Crippen molar-refractivity contribution in [3.05, 3.63) is 12.8 Å². The van der Waals surface area contributed by atoms with Gasteiger partial charge in [0.15, 0.2) is 0 Å². The van der Waals surface area contributed by atoms with E-state index < -0.39 is 0 Å². The van der Waals surface area contributed by atoms with Gasteiger partial charge in [-0.3, -0.25) is 4.79 Å². The summed E-state index contributed by atoms with van der Waals surface area (Å²) in [5.41, 5.74) is 0.449. The molecule has 0 aromatic heterocycles. The standard InChI is InChI=1S/C12H19NO/c1-4-13(11(14)9-5-6-9)8-10-7-12(10,2)3/h4,9-10H,1,5-8H2,2-3H3. The quantitative estimate of drug-likeness (QED) is 0.671. The van der Waals surface area contributed by atoms with Crippen LogP contribution in [0.25, 0.3) is 0 Å². The van der Waals surface area contributed by atoms with Gasteiger partial charge in [-0.15, -0.1) is 0 Å². The molecule has 0 spiro atoms. The van der Waals surface area contributed by atoms with Crippen LogP contribution in [0.2, 0.25) is 0 Å². The van der Waals surface area contributed by atoms with Gasteiger partial charge in [0.1, 0.15) is 0 Å². The molecule has 0 aromatic carbocycles. The second-order valence-electron chi connectivity index (χ2n) is 5.34. The maximum Gasteiger partial charge on any atom is 0.229 e. The Labute approximate surface area is 86.0 Å². The van der Waals surface area contributed by atoms with Gasteiger partial charge in [0, 0.05) is 12.5 Å². The van der Waals surface area contributed by atoms with E-state index in [0.29, 0.717) is 23.2 Å². The van der Waals surface area contributed by atoms with Crippen molar-refractivity contribution in [2.24, 2.45) is 17.3 Å². The van der Waals surface area contributed by atoms with Crippen molar-refractivity contribution in [2.75, 3.05) is 6.54 Å². The van der Waals surface area contributed by atoms with Crippen molar-refractivity contribution in [3.8, 4) is 0 Å². The molecule has 0 radical (unpaired) electrons. The first kappa shape index (κ1) is 9.75. The largest absolute Gasteiger partial charge is 0.319 e. The number of hydrogen-bond acceptors (Lipinski definition) is 1. The molecular weight excluding hydrogens is 174 g/mol. The molecular formula is C12H19NO. The van der Waals surface area contributed by atoms with Crippen molar-refractivity contribution < 1.29 is 4.79 Å². The lowest BCUT2D eigenvalue weighted by atomic mass is 10.1. The first-order chi connectivity index (χ1) is 6.54. The second-order valence-corrected chi connectivity index (χ2v) is 5.34. The SMILES string of the molecule is C=CN(CC1CC1(C)C)C(=O)C1CC1. The average Bonchev–Trinajstić information content (AvgIpc) is 2.98. The molecule has 1 amide bonds. The molecule has 2 saturated carbocycles. The maximum atomic E-state index is 11.8. The Morgan fingerprint density at radius 2 is 2.14 bits per heavy atom. The van der Waals surface area contributed by atoms with Crippen molar-refractivity contribution >= 4 is 5.91 Å². The van der Waals surface area contributed by atoms with E-state index in [2.05, 4.69) is 20.4 Å². The van der Waals surface area contributed by atoms with E-state index in [1.807, 2.05) is 4.90 Å². The van der Waals surface area contributed by atoms with E-state index in [4.69, 9.17) is 0 Å². The third-order valence-corrected chi connectivity index (χ3v) is 3.56. The molecule has 0 bridgehead atoms. The topological polar surface area (TPSA) is 20.3 Å². The number of carbonyl (C=O) groups excluding carboxylic acids is 1. The van der Waals surface area contributed by atoms with E-state index in [1.54, 1.807) is 6.20 Å². The number of carbonyl (C=O) groups is 1. The second kappa shape index (κ2) is 3.11. The minimum atomic E-state index is 0.294. The summed E-state index contributed by atoms with van der Waals surface area (Å²) in [4.78, 5) is 13.6. The fourth-order valence-electron chi connectivity index (χ4n) is 1.94. The van der Waals surface area contributed by atoms with E-state index in [1.165, 1.54) is 6.42 Å². The Morgan fingerprint density at radius 1 is 1.57 bits per heavy atom. The van der Waals surface area contributed by atoms with Gasteiger partial charge in [-0.05, 0) is 36.8 Å². The van der Waals surface area contributed by atoms with Gasteiger partial charge in [-0.25, -0.2) is 0 Å². The van der Waals surface area contributed by atoms with Crippen LogP contribution in [0.3, 0.4) is 0 Å². The van der Waals surface area contributed by atoms with Gasteiger partial charge in [0.05, 0.1) is 0 Å². The predicted octanol–water partition coefficient (Wildman–Crippen LogP) is 2.41. The first-order valence-corrected chi connectivity index (χ1v) is 5.47. The molecule has 2 rings (SSSR count). The average molecular weight is 193 g/mol. The van der Waals surface area contributed by atoms with Crippen LogP contribution in [0.1, 0.15) is 33.1 Å². The lowest BCUT2D eigenvalue weighted by molar-refractivity contribution is -0.130. The Morgan fingerprint density at radius 3 is 2.50 bits per heavy atom.